The van der Waals surface area contributed by atoms with E-state index in [1.165, 1.54) is 12.4 Å². The number of fused-ring (bicyclic) bond motifs is 1. The molecule has 3 aromatic rings. The Bertz CT molecular complexity index is 991. The Hall–Kier alpha value is -2.62. The highest BCUT2D eigenvalue weighted by Crippen LogP contribution is 2.40. The van der Waals surface area contributed by atoms with Gasteiger partial charge in [0.15, 0.2) is 0 Å². The van der Waals surface area contributed by atoms with Crippen molar-refractivity contribution < 1.29 is 18.0 Å². The number of alkyl halides is 3. The van der Waals surface area contributed by atoms with Crippen LogP contribution < -0.4 is 10.2 Å². The predicted molar refractivity (Wildman–Crippen MR) is 101 cm³/mol. The zero-order valence-electron chi connectivity index (χ0n) is 15.0. The van der Waals surface area contributed by atoms with Crippen molar-refractivity contribution in [3.05, 3.63) is 41.3 Å². The van der Waals surface area contributed by atoms with E-state index < -0.39 is 17.6 Å². The van der Waals surface area contributed by atoms with E-state index in [-0.39, 0.29) is 27.6 Å². The van der Waals surface area contributed by atoms with Crippen LogP contribution in [0.4, 0.5) is 19.0 Å². The third-order valence-corrected chi connectivity index (χ3v) is 6.02. The first kappa shape index (κ1) is 18.7. The highest BCUT2D eigenvalue weighted by atomic mass is 32.1. The van der Waals surface area contributed by atoms with E-state index >= 15 is 0 Å². The molecule has 4 rings (SSSR count). The molecule has 0 unspecified atom stereocenters. The number of imidazole rings is 1. The topological polar surface area (TPSA) is 63.1 Å². The van der Waals surface area contributed by atoms with Crippen LogP contribution in [0.1, 0.15) is 34.8 Å². The van der Waals surface area contributed by atoms with Gasteiger partial charge in [0.25, 0.3) is 5.91 Å². The zero-order chi connectivity index (χ0) is 19.9. The summed E-state index contributed by atoms with van der Waals surface area (Å²) < 4.78 is 43.0. The Morgan fingerprint density at radius 2 is 2.07 bits per heavy atom. The zero-order valence-corrected chi connectivity index (χ0v) is 15.8. The standard InChI is InChI=1S/C18H18F3N5OS/c1-22-17(27)12-9-28-16-13(18(19,20)21)8-14(24-15(12)16)25-5-2-11(3-6-25)26-7-4-23-10-26/h4,7-11H,2-3,5-6H2,1H3,(H,22,27). The van der Waals surface area contributed by atoms with Crippen LogP contribution in [0.2, 0.25) is 0 Å². The van der Waals surface area contributed by atoms with Crippen molar-refractivity contribution in [3.63, 3.8) is 0 Å². The largest absolute Gasteiger partial charge is 0.417 e. The molecule has 1 saturated heterocycles. The average molecular weight is 409 g/mol. The van der Waals surface area contributed by atoms with Gasteiger partial charge >= 0.3 is 6.18 Å². The summed E-state index contributed by atoms with van der Waals surface area (Å²) >= 11 is 0.893. The van der Waals surface area contributed by atoms with E-state index in [4.69, 9.17) is 0 Å². The van der Waals surface area contributed by atoms with E-state index in [2.05, 4.69) is 15.3 Å². The van der Waals surface area contributed by atoms with Crippen molar-refractivity contribution in [2.45, 2.75) is 25.1 Å². The first-order valence-electron chi connectivity index (χ1n) is 8.82. The molecule has 0 aromatic carbocycles. The smallest absolute Gasteiger partial charge is 0.356 e. The average Bonchev–Trinajstić information content (AvgIpc) is 3.36. The number of rotatable bonds is 3. The number of piperidine rings is 1. The maximum atomic E-state index is 13.7. The SMILES string of the molecule is CNC(=O)c1csc2c(C(F)(F)F)cc(N3CCC(n4ccnc4)CC3)nc12. The summed E-state index contributed by atoms with van der Waals surface area (Å²) in [6.07, 6.45) is 2.41. The number of halogens is 3. The first-order chi connectivity index (χ1) is 13.4. The Morgan fingerprint density at radius 3 is 2.68 bits per heavy atom. The minimum atomic E-state index is -4.52. The lowest BCUT2D eigenvalue weighted by atomic mass is 10.0. The second-order valence-corrected chi connectivity index (χ2v) is 7.54. The molecule has 0 aliphatic carbocycles. The van der Waals surface area contributed by atoms with Gasteiger partial charge in [-0.2, -0.15) is 13.2 Å². The maximum Gasteiger partial charge on any atom is 0.417 e. The van der Waals surface area contributed by atoms with E-state index in [0.29, 0.717) is 13.1 Å². The van der Waals surface area contributed by atoms with Crippen molar-refractivity contribution in [2.75, 3.05) is 25.0 Å². The highest BCUT2D eigenvalue weighted by molar-refractivity contribution is 7.17. The summed E-state index contributed by atoms with van der Waals surface area (Å²) in [5, 5.41) is 3.89. The molecule has 6 nitrogen and oxygen atoms in total. The van der Waals surface area contributed by atoms with Crippen molar-refractivity contribution in [2.24, 2.45) is 0 Å². The van der Waals surface area contributed by atoms with Gasteiger partial charge in [-0.3, -0.25) is 4.79 Å². The van der Waals surface area contributed by atoms with Crippen LogP contribution in [0.15, 0.2) is 30.2 Å². The van der Waals surface area contributed by atoms with E-state index in [1.54, 1.807) is 12.5 Å². The molecule has 1 fully saturated rings. The van der Waals surface area contributed by atoms with Crippen LogP contribution in [-0.2, 0) is 6.18 Å². The number of pyridine rings is 1. The molecule has 0 radical (unpaired) electrons. The van der Waals surface area contributed by atoms with E-state index in [0.717, 1.165) is 30.2 Å². The van der Waals surface area contributed by atoms with Gasteiger partial charge in [-0.25, -0.2) is 9.97 Å². The monoisotopic (exact) mass is 409 g/mol. The molecule has 4 heterocycles. The van der Waals surface area contributed by atoms with Crippen LogP contribution in [0.5, 0.6) is 0 Å². The number of nitrogens with one attached hydrogen (secondary N) is 1. The molecular weight excluding hydrogens is 391 g/mol. The summed E-state index contributed by atoms with van der Waals surface area (Å²) in [6.45, 7) is 1.16. The molecule has 0 atom stereocenters. The molecule has 1 N–H and O–H groups in total. The van der Waals surface area contributed by atoms with Gasteiger partial charge in [-0.15, -0.1) is 11.3 Å². The number of anilines is 1. The lowest BCUT2D eigenvalue weighted by Gasteiger charge is -2.33. The molecule has 10 heteroatoms. The quantitative estimate of drug-likeness (QED) is 0.716. The first-order valence-corrected chi connectivity index (χ1v) is 9.70. The molecule has 1 aliphatic rings. The molecule has 148 valence electrons. The minimum absolute atomic E-state index is 0.0110. The number of amides is 1. The minimum Gasteiger partial charge on any atom is -0.356 e. The van der Waals surface area contributed by atoms with Gasteiger partial charge < -0.3 is 14.8 Å². The number of hydrogen-bond donors (Lipinski definition) is 1. The summed E-state index contributed by atoms with van der Waals surface area (Å²) in [5.41, 5.74) is -0.474. The normalized spacial score (nSPS) is 15.9. The molecule has 0 spiro atoms. The summed E-state index contributed by atoms with van der Waals surface area (Å²) in [5.74, 6) is -0.185. The van der Waals surface area contributed by atoms with Crippen LogP contribution in [0, 0.1) is 0 Å². The van der Waals surface area contributed by atoms with Gasteiger partial charge in [0.05, 0.1) is 27.7 Å². The summed E-state index contributed by atoms with van der Waals surface area (Å²) in [6, 6.07) is 1.37. The molecule has 0 bridgehead atoms. The summed E-state index contributed by atoms with van der Waals surface area (Å²) in [4.78, 5) is 22.4. The van der Waals surface area contributed by atoms with E-state index in [9.17, 15) is 18.0 Å². The van der Waals surface area contributed by atoms with Gasteiger partial charge in [0, 0.05) is 44.0 Å². The number of thiophene rings is 1. The lowest BCUT2D eigenvalue weighted by molar-refractivity contribution is -0.136. The van der Waals surface area contributed by atoms with Crippen molar-refractivity contribution in [1.82, 2.24) is 19.9 Å². The van der Waals surface area contributed by atoms with E-state index in [1.807, 2.05) is 15.7 Å². The lowest BCUT2D eigenvalue weighted by Crippen LogP contribution is -2.35. The Balaban J connectivity index is 1.70. The second kappa shape index (κ2) is 7.08. The molecule has 0 saturated carbocycles. The Labute approximate surface area is 163 Å². The number of hydrogen-bond acceptors (Lipinski definition) is 5. The fourth-order valence-electron chi connectivity index (χ4n) is 3.54. The Kier molecular flexibility index (Phi) is 4.74. The number of aromatic nitrogens is 3. The van der Waals surface area contributed by atoms with Crippen molar-refractivity contribution in [1.29, 1.82) is 0 Å². The molecule has 1 aliphatic heterocycles. The van der Waals surface area contributed by atoms with Crippen molar-refractivity contribution >= 4 is 33.3 Å². The maximum absolute atomic E-state index is 13.7. The predicted octanol–water partition coefficient (Wildman–Crippen LogP) is 3.71. The molecule has 1 amide bonds. The van der Waals surface area contributed by atoms with Gasteiger partial charge in [-0.1, -0.05) is 0 Å². The highest BCUT2D eigenvalue weighted by Gasteiger charge is 2.36. The molecular formula is C18H18F3N5OS. The molecule has 3 aromatic heterocycles. The third-order valence-electron chi connectivity index (χ3n) is 5.02. The second-order valence-electron chi connectivity index (χ2n) is 6.66. The number of nitrogens with zero attached hydrogens (tertiary/aromatic N) is 4. The van der Waals surface area contributed by atoms with Crippen LogP contribution in [0.3, 0.4) is 0 Å². The fraction of sp³-hybridized carbons (Fsp3) is 0.389. The van der Waals surface area contributed by atoms with Gasteiger partial charge in [-0.05, 0) is 18.9 Å². The van der Waals surface area contributed by atoms with Crippen LogP contribution in [0.25, 0.3) is 10.2 Å². The van der Waals surface area contributed by atoms with Crippen LogP contribution in [-0.4, -0.2) is 40.6 Å². The van der Waals surface area contributed by atoms with Gasteiger partial charge in [0.1, 0.15) is 5.82 Å². The van der Waals surface area contributed by atoms with Crippen LogP contribution >= 0.6 is 11.3 Å². The Morgan fingerprint density at radius 1 is 1.32 bits per heavy atom. The molecule has 28 heavy (non-hydrogen) atoms. The number of carbonyl (C=O) groups excluding carboxylic acids is 1. The number of carbonyl (C=O) groups is 1. The van der Waals surface area contributed by atoms with Gasteiger partial charge in [0.2, 0.25) is 0 Å². The van der Waals surface area contributed by atoms with Crippen molar-refractivity contribution in [3.8, 4) is 0 Å². The summed E-state index contributed by atoms with van der Waals surface area (Å²) in [7, 11) is 1.45. The third kappa shape index (κ3) is 3.32. The fourth-order valence-corrected chi connectivity index (χ4v) is 4.57.